The van der Waals surface area contributed by atoms with Crippen LogP contribution in [0.5, 0.6) is 0 Å². The Kier molecular flexibility index (Phi) is 1.60. The molecule has 0 unspecified atom stereocenters. The lowest BCUT2D eigenvalue weighted by molar-refractivity contribution is 1.09. The fraction of sp³-hybridized carbons (Fsp3) is 0.125. The van der Waals surface area contributed by atoms with Gasteiger partial charge < -0.3 is 0 Å². The van der Waals surface area contributed by atoms with Crippen molar-refractivity contribution in [2.45, 2.75) is 6.92 Å². The molecule has 0 spiro atoms. The lowest BCUT2D eigenvalue weighted by Gasteiger charge is -1.93. The number of hydrogen-bond acceptors (Lipinski definition) is 1. The monoisotopic (exact) mass is 258 g/mol. The van der Waals surface area contributed by atoms with Gasteiger partial charge in [0.15, 0.2) is 0 Å². The molecule has 0 bridgehead atoms. The fourth-order valence-electron chi connectivity index (χ4n) is 1.16. The molecule has 0 aliphatic heterocycles. The molecule has 1 heterocycles. The summed E-state index contributed by atoms with van der Waals surface area (Å²) in [5.74, 6) is 0. The molecule has 0 N–H and O–H groups in total. The van der Waals surface area contributed by atoms with Crippen LogP contribution in [0, 0.1) is 6.92 Å². The number of benzene rings is 1. The van der Waals surface area contributed by atoms with Gasteiger partial charge in [-0.1, -0.05) is 12.1 Å². The van der Waals surface area contributed by atoms with Gasteiger partial charge in [-0.25, -0.2) is 2.90 Å². The van der Waals surface area contributed by atoms with Crippen molar-refractivity contribution in [2.75, 3.05) is 0 Å². The van der Waals surface area contributed by atoms with Crippen LogP contribution in [0.1, 0.15) is 5.56 Å². The van der Waals surface area contributed by atoms with Crippen LogP contribution < -0.4 is 0 Å². The van der Waals surface area contributed by atoms with Gasteiger partial charge in [0.25, 0.3) is 0 Å². The first kappa shape index (κ1) is 7.09. The number of aryl methyl sites for hydroxylation is 1. The van der Waals surface area contributed by atoms with E-state index in [9.17, 15) is 0 Å². The largest absolute Gasteiger partial charge is 0.204 e. The highest BCUT2D eigenvalue weighted by Gasteiger charge is 2.00. The summed E-state index contributed by atoms with van der Waals surface area (Å²) in [5.41, 5.74) is 2.47. The third-order valence-electron chi connectivity index (χ3n) is 1.79. The van der Waals surface area contributed by atoms with Crippen molar-refractivity contribution in [3.63, 3.8) is 0 Å². The Morgan fingerprint density at radius 3 is 3.00 bits per heavy atom. The molecule has 0 fully saturated rings. The minimum Gasteiger partial charge on any atom is -0.204 e. The Balaban J connectivity index is 2.94. The van der Waals surface area contributed by atoms with Gasteiger partial charge in [0.05, 0.1) is 34.6 Å². The average molecular weight is 258 g/mol. The van der Waals surface area contributed by atoms with Crippen molar-refractivity contribution in [1.29, 1.82) is 0 Å². The van der Waals surface area contributed by atoms with Crippen LogP contribution in [0.15, 0.2) is 24.4 Å². The molecule has 0 saturated heterocycles. The van der Waals surface area contributed by atoms with Gasteiger partial charge in [-0.3, -0.25) is 0 Å². The summed E-state index contributed by atoms with van der Waals surface area (Å²) >= 11 is 2.18. The van der Waals surface area contributed by atoms with E-state index in [1.807, 2.05) is 9.09 Å². The van der Waals surface area contributed by atoms with Crippen molar-refractivity contribution in [3.8, 4) is 0 Å². The Hall–Kier alpha value is -0.580. The molecule has 1 aromatic carbocycles. The van der Waals surface area contributed by atoms with Crippen molar-refractivity contribution in [1.82, 2.24) is 7.99 Å². The molecule has 0 radical (unpaired) electrons. The molecule has 0 amide bonds. The van der Waals surface area contributed by atoms with Crippen LogP contribution in [0.2, 0.25) is 0 Å². The van der Waals surface area contributed by atoms with Crippen LogP contribution in [-0.2, 0) is 0 Å². The van der Waals surface area contributed by atoms with Crippen LogP contribution in [-0.4, -0.2) is 7.99 Å². The number of fused-ring (bicyclic) bond motifs is 1. The number of halogens is 1. The zero-order valence-electron chi connectivity index (χ0n) is 6.08. The van der Waals surface area contributed by atoms with Gasteiger partial charge in [-0.05, 0) is 18.6 Å². The molecule has 2 nitrogen and oxygen atoms in total. The molecular weight excluding hydrogens is 251 g/mol. The minimum absolute atomic E-state index is 1.19. The first-order chi connectivity index (χ1) is 5.29. The molecule has 1 aromatic heterocycles. The molecule has 3 heteroatoms. The Labute approximate surface area is 78.7 Å². The normalized spacial score (nSPS) is 10.7. The topological polar surface area (TPSA) is 17.8 Å². The highest BCUT2D eigenvalue weighted by atomic mass is 127. The predicted octanol–water partition coefficient (Wildman–Crippen LogP) is 2.54. The van der Waals surface area contributed by atoms with Crippen LogP contribution >= 0.6 is 22.9 Å². The van der Waals surface area contributed by atoms with E-state index in [1.54, 1.807) is 0 Å². The fourth-order valence-corrected chi connectivity index (χ4v) is 1.71. The smallest absolute Gasteiger partial charge is 0.0851 e. The minimum atomic E-state index is 1.19. The predicted molar refractivity (Wildman–Crippen MR) is 53.9 cm³/mol. The summed E-state index contributed by atoms with van der Waals surface area (Å²) in [6.45, 7) is 2.10. The van der Waals surface area contributed by atoms with Gasteiger partial charge in [-0.2, -0.15) is 5.10 Å². The van der Waals surface area contributed by atoms with Crippen molar-refractivity contribution >= 4 is 33.8 Å². The highest BCUT2D eigenvalue weighted by Crippen LogP contribution is 2.18. The van der Waals surface area contributed by atoms with Crippen LogP contribution in [0.25, 0.3) is 10.9 Å². The molecule has 56 valence electrons. The van der Waals surface area contributed by atoms with E-state index in [4.69, 9.17) is 0 Å². The standard InChI is InChI=1S/C8H7IN2/c1-6-3-2-4-8-7(6)5-10-11(8)9/h2-5H,1H3. The third-order valence-corrected chi connectivity index (χ3v) is 2.56. The summed E-state index contributed by atoms with van der Waals surface area (Å²) in [7, 11) is 0. The Morgan fingerprint density at radius 2 is 2.27 bits per heavy atom. The molecular formula is C8H7IN2. The van der Waals surface area contributed by atoms with Crippen LogP contribution in [0.4, 0.5) is 0 Å². The van der Waals surface area contributed by atoms with E-state index in [-0.39, 0.29) is 0 Å². The number of nitrogens with zero attached hydrogens (tertiary/aromatic N) is 2. The maximum absolute atomic E-state index is 4.16. The second-order valence-corrected chi connectivity index (χ2v) is 3.43. The maximum Gasteiger partial charge on any atom is 0.0851 e. The number of aromatic nitrogens is 2. The quantitative estimate of drug-likeness (QED) is 0.664. The Bertz CT molecular complexity index is 392. The van der Waals surface area contributed by atoms with Crippen molar-refractivity contribution in [2.24, 2.45) is 0 Å². The summed E-state index contributed by atoms with van der Waals surface area (Å²) < 4.78 is 1.86. The van der Waals surface area contributed by atoms with Gasteiger partial charge in [0.2, 0.25) is 0 Å². The van der Waals surface area contributed by atoms with Gasteiger partial charge >= 0.3 is 0 Å². The van der Waals surface area contributed by atoms with Gasteiger partial charge in [-0.15, -0.1) is 0 Å². The van der Waals surface area contributed by atoms with E-state index in [2.05, 4.69) is 53.1 Å². The molecule has 0 atom stereocenters. The van der Waals surface area contributed by atoms with Gasteiger partial charge in [0.1, 0.15) is 0 Å². The first-order valence-corrected chi connectivity index (χ1v) is 4.35. The second-order valence-electron chi connectivity index (χ2n) is 2.51. The van der Waals surface area contributed by atoms with E-state index in [0.717, 1.165) is 0 Å². The summed E-state index contributed by atoms with van der Waals surface area (Å²) in [6.07, 6.45) is 1.90. The molecule has 11 heavy (non-hydrogen) atoms. The summed E-state index contributed by atoms with van der Waals surface area (Å²) in [4.78, 5) is 0. The molecule has 0 aliphatic carbocycles. The molecule has 0 aliphatic rings. The number of rotatable bonds is 0. The molecule has 0 saturated carbocycles. The van der Waals surface area contributed by atoms with E-state index in [0.29, 0.717) is 0 Å². The number of hydrogen-bond donors (Lipinski definition) is 0. The molecule has 2 aromatic rings. The van der Waals surface area contributed by atoms with Crippen molar-refractivity contribution < 1.29 is 0 Å². The van der Waals surface area contributed by atoms with E-state index >= 15 is 0 Å². The van der Waals surface area contributed by atoms with E-state index < -0.39 is 0 Å². The third kappa shape index (κ3) is 1.03. The zero-order valence-corrected chi connectivity index (χ0v) is 8.24. The summed E-state index contributed by atoms with van der Waals surface area (Å²) in [5, 5.41) is 5.40. The van der Waals surface area contributed by atoms with E-state index in [1.165, 1.54) is 16.5 Å². The summed E-state index contributed by atoms with van der Waals surface area (Å²) in [6, 6.07) is 6.22. The zero-order chi connectivity index (χ0) is 7.84. The first-order valence-electron chi connectivity index (χ1n) is 3.38. The second kappa shape index (κ2) is 2.48. The van der Waals surface area contributed by atoms with Crippen LogP contribution in [0.3, 0.4) is 0 Å². The Morgan fingerprint density at radius 1 is 1.45 bits per heavy atom. The molecule has 2 rings (SSSR count). The lowest BCUT2D eigenvalue weighted by atomic mass is 10.2. The SMILES string of the molecule is Cc1cccc2c1cnn2I. The lowest BCUT2D eigenvalue weighted by Crippen LogP contribution is -1.79. The average Bonchev–Trinajstić information content (AvgIpc) is 2.35. The maximum atomic E-state index is 4.16. The van der Waals surface area contributed by atoms with Gasteiger partial charge in [0, 0.05) is 5.39 Å². The van der Waals surface area contributed by atoms with Crippen molar-refractivity contribution in [3.05, 3.63) is 30.0 Å². The highest BCUT2D eigenvalue weighted by molar-refractivity contribution is 14.1.